The van der Waals surface area contributed by atoms with Crippen molar-refractivity contribution in [3.05, 3.63) is 47.7 Å². The first-order valence-electron chi connectivity index (χ1n) is 18.9. The maximum atomic E-state index is 17.0. The minimum atomic E-state index is -0.743. The van der Waals surface area contributed by atoms with Gasteiger partial charge in [0.15, 0.2) is 5.82 Å². The van der Waals surface area contributed by atoms with Crippen LogP contribution >= 0.6 is 0 Å². The molecule has 12 heteroatoms. The number of phenolic OH excluding ortho intramolecular Hbond substituents is 1. The zero-order valence-corrected chi connectivity index (χ0v) is 30.4. The van der Waals surface area contributed by atoms with Crippen LogP contribution in [0.1, 0.15) is 57.9 Å². The highest BCUT2D eigenvalue weighted by atomic mass is 19.1. The van der Waals surface area contributed by atoms with E-state index < -0.39 is 11.6 Å². The van der Waals surface area contributed by atoms with Gasteiger partial charge >= 0.3 is 6.01 Å². The number of rotatable bonds is 8. The highest BCUT2D eigenvalue weighted by Crippen LogP contribution is 2.48. The monoisotopic (exact) mass is 724 g/mol. The minimum absolute atomic E-state index is 0.0185. The Hall–Kier alpha value is -4.60. The predicted octanol–water partition coefficient (Wildman–Crippen LogP) is 6.16. The van der Waals surface area contributed by atoms with Crippen LogP contribution in [-0.4, -0.2) is 101 Å². The normalized spacial score (nSPS) is 22.5. The summed E-state index contributed by atoms with van der Waals surface area (Å²) in [6.07, 6.45) is 13.3. The van der Waals surface area contributed by atoms with E-state index in [0.29, 0.717) is 61.5 Å². The number of ether oxygens (including phenoxy) is 2. The maximum Gasteiger partial charge on any atom is 0.319 e. The molecule has 3 saturated heterocycles. The van der Waals surface area contributed by atoms with Crippen LogP contribution in [0.2, 0.25) is 0 Å². The second-order valence-electron chi connectivity index (χ2n) is 15.5. The van der Waals surface area contributed by atoms with Crippen LogP contribution < -0.4 is 9.64 Å². The SMILES string of the molecule is C#Cc1c(F)ccc2cc(O)cc(-c3ncc4c(N5CCCOCC5)nc(OCC56CCCC5N(CC5CN(C(=O)C(C)C)C5)CCC6)nc4c3F)c12. The van der Waals surface area contributed by atoms with Gasteiger partial charge in [0.1, 0.15) is 28.6 Å². The van der Waals surface area contributed by atoms with Crippen LogP contribution in [0.3, 0.4) is 0 Å². The lowest BCUT2D eigenvalue weighted by molar-refractivity contribution is -0.142. The molecule has 1 aliphatic carbocycles. The average Bonchev–Trinajstić information content (AvgIpc) is 3.38. The topological polar surface area (TPSA) is 104 Å². The molecule has 53 heavy (non-hydrogen) atoms. The standard InChI is InChI=1S/C41H46F2N6O4/c1-4-29-32(42)10-9-27-18-28(50)19-30(34(27)29)36-35(43)37-31(20-44-36)38(47-14-7-16-52-17-15-47)46-40(45-37)53-24-41-11-5-8-33(41)48(13-6-12-41)21-26-22-49(23-26)39(51)25(2)3/h1,9-10,18-20,25-26,33,50H,5-8,11-17,21-24H2,2-3H3. The Morgan fingerprint density at radius 1 is 1.11 bits per heavy atom. The van der Waals surface area contributed by atoms with Gasteiger partial charge in [0.25, 0.3) is 0 Å². The van der Waals surface area contributed by atoms with Crippen LogP contribution in [0.4, 0.5) is 14.6 Å². The van der Waals surface area contributed by atoms with Crippen LogP contribution in [0.5, 0.6) is 11.8 Å². The van der Waals surface area contributed by atoms with E-state index in [0.717, 1.165) is 64.7 Å². The lowest BCUT2D eigenvalue weighted by atomic mass is 9.75. The molecule has 10 nitrogen and oxygen atoms in total. The fourth-order valence-corrected chi connectivity index (χ4v) is 9.23. The third-order valence-electron chi connectivity index (χ3n) is 11.8. The highest BCUT2D eigenvalue weighted by molar-refractivity contribution is 6.03. The number of phenols is 1. The third-order valence-corrected chi connectivity index (χ3v) is 11.8. The number of nitrogens with zero attached hydrogens (tertiary/aromatic N) is 6. The summed E-state index contributed by atoms with van der Waals surface area (Å²) in [5, 5.41) is 11.8. The summed E-state index contributed by atoms with van der Waals surface area (Å²) in [7, 11) is 0. The molecule has 0 radical (unpaired) electrons. The Bertz CT molecular complexity index is 2090. The van der Waals surface area contributed by atoms with E-state index in [1.807, 2.05) is 18.7 Å². The van der Waals surface area contributed by atoms with Gasteiger partial charge in [-0.2, -0.15) is 9.97 Å². The summed E-state index contributed by atoms with van der Waals surface area (Å²) < 4.78 is 44.2. The number of amides is 1. The zero-order chi connectivity index (χ0) is 36.9. The van der Waals surface area contributed by atoms with Crippen molar-refractivity contribution in [3.63, 3.8) is 0 Å². The molecular formula is C41H46F2N6O4. The lowest BCUT2D eigenvalue weighted by Gasteiger charge is -2.49. The van der Waals surface area contributed by atoms with E-state index in [1.54, 1.807) is 0 Å². The number of hydrogen-bond donors (Lipinski definition) is 1. The number of aromatic nitrogens is 3. The highest BCUT2D eigenvalue weighted by Gasteiger charge is 2.49. The van der Waals surface area contributed by atoms with E-state index in [4.69, 9.17) is 25.9 Å². The number of piperidine rings is 1. The molecule has 3 aliphatic heterocycles. The van der Waals surface area contributed by atoms with Gasteiger partial charge < -0.3 is 24.4 Å². The van der Waals surface area contributed by atoms with Crippen LogP contribution in [-0.2, 0) is 9.53 Å². The number of benzene rings is 2. The van der Waals surface area contributed by atoms with Gasteiger partial charge in [-0.25, -0.2) is 8.78 Å². The number of likely N-dealkylation sites (tertiary alicyclic amines) is 2. The molecule has 4 aliphatic rings. The number of aromatic hydroxyl groups is 1. The molecule has 5 heterocycles. The van der Waals surface area contributed by atoms with Crippen molar-refractivity contribution >= 4 is 33.4 Å². The molecule has 4 fully saturated rings. The van der Waals surface area contributed by atoms with Gasteiger partial charge in [-0.3, -0.25) is 14.7 Å². The van der Waals surface area contributed by atoms with Gasteiger partial charge in [0, 0.05) is 79.8 Å². The Balaban J connectivity index is 1.13. The van der Waals surface area contributed by atoms with E-state index in [2.05, 4.69) is 20.7 Å². The fourth-order valence-electron chi connectivity index (χ4n) is 9.23. The molecule has 0 bridgehead atoms. The number of pyridine rings is 1. The van der Waals surface area contributed by atoms with Crippen molar-refractivity contribution in [2.75, 3.05) is 64.0 Å². The first-order valence-corrected chi connectivity index (χ1v) is 18.9. The summed E-state index contributed by atoms with van der Waals surface area (Å²) in [5.74, 6) is 2.13. The molecule has 2 atom stereocenters. The van der Waals surface area contributed by atoms with Crippen molar-refractivity contribution in [1.82, 2.24) is 24.8 Å². The third kappa shape index (κ3) is 6.52. The van der Waals surface area contributed by atoms with Crippen LogP contribution in [0, 0.1) is 41.2 Å². The number of carbonyl (C=O) groups excluding carboxylic acids is 1. The Morgan fingerprint density at radius 2 is 1.94 bits per heavy atom. The molecular weight excluding hydrogens is 678 g/mol. The molecule has 8 rings (SSSR count). The van der Waals surface area contributed by atoms with Crippen LogP contribution in [0.15, 0.2) is 30.5 Å². The molecule has 1 N–H and O–H groups in total. The van der Waals surface area contributed by atoms with Gasteiger partial charge in [0.2, 0.25) is 5.91 Å². The van der Waals surface area contributed by atoms with Crippen molar-refractivity contribution < 1.29 is 28.2 Å². The average molecular weight is 725 g/mol. The first kappa shape index (κ1) is 35.4. The van der Waals surface area contributed by atoms with Crippen molar-refractivity contribution in [2.45, 2.75) is 58.4 Å². The summed E-state index contributed by atoms with van der Waals surface area (Å²) in [4.78, 5) is 33.3. The minimum Gasteiger partial charge on any atom is -0.508 e. The number of terminal acetylenes is 1. The largest absolute Gasteiger partial charge is 0.508 e. The summed E-state index contributed by atoms with van der Waals surface area (Å²) >= 11 is 0. The fraction of sp³-hybridized carbons (Fsp3) is 0.512. The second kappa shape index (κ2) is 14.3. The van der Waals surface area contributed by atoms with Gasteiger partial charge in [-0.05, 0) is 62.2 Å². The molecule has 278 valence electrons. The molecule has 0 spiro atoms. The molecule has 2 aromatic heterocycles. The van der Waals surface area contributed by atoms with Gasteiger partial charge in [-0.1, -0.05) is 32.3 Å². The molecule has 2 unspecified atom stereocenters. The zero-order valence-electron chi connectivity index (χ0n) is 30.4. The van der Waals surface area contributed by atoms with E-state index >= 15 is 4.39 Å². The lowest BCUT2D eigenvalue weighted by Crippen LogP contribution is -2.59. The predicted molar refractivity (Wildman–Crippen MR) is 199 cm³/mol. The number of carbonyl (C=O) groups is 1. The second-order valence-corrected chi connectivity index (χ2v) is 15.5. The molecule has 4 aromatic rings. The molecule has 1 amide bonds. The summed E-state index contributed by atoms with van der Waals surface area (Å²) in [6, 6.07) is 5.98. The van der Waals surface area contributed by atoms with Crippen molar-refractivity contribution in [3.8, 4) is 35.4 Å². The quantitative estimate of drug-likeness (QED) is 0.214. The smallest absolute Gasteiger partial charge is 0.319 e. The number of halogens is 2. The number of hydrogen-bond acceptors (Lipinski definition) is 9. The number of fused-ring (bicyclic) bond motifs is 3. The summed E-state index contributed by atoms with van der Waals surface area (Å²) in [5.41, 5.74) is -0.0522. The first-order chi connectivity index (χ1) is 25.7. The van der Waals surface area contributed by atoms with E-state index in [-0.39, 0.29) is 56.7 Å². The van der Waals surface area contributed by atoms with E-state index in [1.165, 1.54) is 30.5 Å². The van der Waals surface area contributed by atoms with Crippen LogP contribution in [0.25, 0.3) is 32.9 Å². The Kier molecular flexibility index (Phi) is 9.58. The Labute approximate surface area is 308 Å². The molecule has 1 saturated carbocycles. The van der Waals surface area contributed by atoms with Gasteiger partial charge in [0.05, 0.1) is 24.2 Å². The number of anilines is 1. The maximum absolute atomic E-state index is 17.0. The van der Waals surface area contributed by atoms with Gasteiger partial charge in [-0.15, -0.1) is 6.42 Å². The Morgan fingerprint density at radius 3 is 2.75 bits per heavy atom. The van der Waals surface area contributed by atoms with Crippen molar-refractivity contribution in [2.24, 2.45) is 17.3 Å². The van der Waals surface area contributed by atoms with E-state index in [9.17, 15) is 14.3 Å². The summed E-state index contributed by atoms with van der Waals surface area (Å²) in [6.45, 7) is 10.3. The molecule has 2 aromatic carbocycles. The van der Waals surface area contributed by atoms with Crippen molar-refractivity contribution in [1.29, 1.82) is 0 Å².